The minimum absolute atomic E-state index is 0.0638. The number of rotatable bonds is 4. The molecule has 1 aromatic carbocycles. The highest BCUT2D eigenvalue weighted by Crippen LogP contribution is 2.15. The first-order valence-corrected chi connectivity index (χ1v) is 6.11. The highest BCUT2D eigenvalue weighted by molar-refractivity contribution is 6.01. The Morgan fingerprint density at radius 2 is 1.84 bits per heavy atom. The quantitative estimate of drug-likeness (QED) is 0.819. The van der Waals surface area contributed by atoms with Gasteiger partial charge in [-0.1, -0.05) is 29.8 Å². The second-order valence-electron chi connectivity index (χ2n) is 4.66. The molecule has 0 unspecified atom stereocenters. The summed E-state index contributed by atoms with van der Waals surface area (Å²) >= 11 is 0. The number of hydrogen-bond acceptors (Lipinski definition) is 2. The van der Waals surface area contributed by atoms with Gasteiger partial charge in [-0.25, -0.2) is 4.79 Å². The molecular weight excluding hydrogens is 242 g/mol. The Balaban J connectivity index is 2.83. The zero-order valence-corrected chi connectivity index (χ0v) is 11.7. The van der Waals surface area contributed by atoms with Gasteiger partial charge in [0.05, 0.1) is 6.04 Å². The van der Waals surface area contributed by atoms with E-state index in [2.05, 4.69) is 5.32 Å². The molecule has 1 rings (SSSR count). The summed E-state index contributed by atoms with van der Waals surface area (Å²) in [5, 5.41) is 11.6. The third-order valence-electron chi connectivity index (χ3n) is 3.11. The van der Waals surface area contributed by atoms with E-state index < -0.39 is 5.97 Å². The van der Waals surface area contributed by atoms with Crippen LogP contribution >= 0.6 is 0 Å². The summed E-state index contributed by atoms with van der Waals surface area (Å²) in [4.78, 5) is 22.7. The van der Waals surface area contributed by atoms with Gasteiger partial charge in [0.1, 0.15) is 0 Å². The number of aliphatic carboxylic acids is 1. The van der Waals surface area contributed by atoms with Gasteiger partial charge in [-0.15, -0.1) is 0 Å². The molecule has 0 radical (unpaired) electrons. The fourth-order valence-corrected chi connectivity index (χ4v) is 1.66. The molecule has 0 bridgehead atoms. The van der Waals surface area contributed by atoms with Gasteiger partial charge in [-0.05, 0) is 33.3 Å². The van der Waals surface area contributed by atoms with Crippen LogP contribution in [0.5, 0.6) is 0 Å². The molecule has 0 aliphatic carbocycles. The minimum Gasteiger partial charge on any atom is -0.478 e. The van der Waals surface area contributed by atoms with Crippen LogP contribution in [-0.2, 0) is 9.59 Å². The Morgan fingerprint density at radius 1 is 1.21 bits per heavy atom. The Bertz CT molecular complexity index is 532. The summed E-state index contributed by atoms with van der Waals surface area (Å²) in [6, 6.07) is 7.68. The largest absolute Gasteiger partial charge is 0.478 e. The molecule has 4 nitrogen and oxygen atoms in total. The molecule has 0 saturated heterocycles. The maximum atomic E-state index is 11.9. The number of benzene rings is 1. The summed E-state index contributed by atoms with van der Waals surface area (Å²) < 4.78 is 0. The van der Waals surface area contributed by atoms with Crippen molar-refractivity contribution in [2.45, 2.75) is 33.7 Å². The molecule has 1 aromatic rings. The zero-order chi connectivity index (χ0) is 14.6. The topological polar surface area (TPSA) is 66.4 Å². The van der Waals surface area contributed by atoms with Crippen LogP contribution in [0, 0.1) is 6.92 Å². The lowest BCUT2D eigenvalue weighted by molar-refractivity contribution is -0.133. The molecule has 0 aliphatic rings. The van der Waals surface area contributed by atoms with Crippen LogP contribution in [0.15, 0.2) is 35.4 Å². The number of nitrogens with one attached hydrogen (secondary N) is 1. The SMILES string of the molecule is C/C(C(=O)O)=C(\C)C(=O)N[C@H](C)c1cccc(C)c1. The van der Waals surface area contributed by atoms with Gasteiger partial charge < -0.3 is 10.4 Å². The van der Waals surface area contributed by atoms with E-state index in [4.69, 9.17) is 5.11 Å². The molecule has 19 heavy (non-hydrogen) atoms. The Kier molecular flexibility index (Phi) is 4.87. The molecule has 0 spiro atoms. The highest BCUT2D eigenvalue weighted by atomic mass is 16.4. The number of carbonyl (C=O) groups excluding carboxylic acids is 1. The van der Waals surface area contributed by atoms with E-state index in [1.165, 1.54) is 13.8 Å². The lowest BCUT2D eigenvalue weighted by Gasteiger charge is -2.15. The van der Waals surface area contributed by atoms with Gasteiger partial charge in [0, 0.05) is 11.1 Å². The summed E-state index contributed by atoms with van der Waals surface area (Å²) in [7, 11) is 0. The number of carboxylic acid groups (broad SMARTS) is 1. The first-order chi connectivity index (χ1) is 8.82. The molecule has 2 N–H and O–H groups in total. The van der Waals surface area contributed by atoms with Crippen molar-refractivity contribution in [1.29, 1.82) is 0 Å². The minimum atomic E-state index is -1.07. The third-order valence-corrected chi connectivity index (χ3v) is 3.11. The summed E-state index contributed by atoms with van der Waals surface area (Å²) in [5.41, 5.74) is 2.41. The van der Waals surface area contributed by atoms with Crippen LogP contribution in [0.25, 0.3) is 0 Å². The zero-order valence-electron chi connectivity index (χ0n) is 11.7. The van der Waals surface area contributed by atoms with Gasteiger partial charge >= 0.3 is 5.97 Å². The summed E-state index contributed by atoms with van der Waals surface area (Å²) in [5.74, 6) is -1.43. The van der Waals surface area contributed by atoms with Crippen molar-refractivity contribution in [2.75, 3.05) is 0 Å². The van der Waals surface area contributed by atoms with Crippen LogP contribution in [0.3, 0.4) is 0 Å². The average Bonchev–Trinajstić information content (AvgIpc) is 2.36. The van der Waals surface area contributed by atoms with E-state index in [-0.39, 0.29) is 23.1 Å². The Labute approximate surface area is 113 Å². The maximum Gasteiger partial charge on any atom is 0.331 e. The van der Waals surface area contributed by atoms with Crippen LogP contribution in [0.4, 0.5) is 0 Å². The average molecular weight is 261 g/mol. The summed E-state index contributed by atoms with van der Waals surface area (Å²) in [6.07, 6.45) is 0. The molecule has 102 valence electrons. The van der Waals surface area contributed by atoms with E-state index in [1.807, 2.05) is 38.1 Å². The fraction of sp³-hybridized carbons (Fsp3) is 0.333. The first-order valence-electron chi connectivity index (χ1n) is 6.11. The molecule has 0 saturated carbocycles. The van der Waals surface area contributed by atoms with Crippen LogP contribution in [0.2, 0.25) is 0 Å². The normalized spacial score (nSPS) is 13.5. The standard InChI is InChI=1S/C15H19NO3/c1-9-6-5-7-13(8-9)12(4)16-14(17)10(2)11(3)15(18)19/h5-8,12H,1-4H3,(H,16,17)(H,18,19)/b11-10-/t12-/m1/s1. The predicted molar refractivity (Wildman–Crippen MR) is 73.7 cm³/mol. The Hall–Kier alpha value is -2.10. The highest BCUT2D eigenvalue weighted by Gasteiger charge is 2.15. The van der Waals surface area contributed by atoms with Gasteiger partial charge in [-0.2, -0.15) is 0 Å². The maximum absolute atomic E-state index is 11.9. The fourth-order valence-electron chi connectivity index (χ4n) is 1.66. The molecular formula is C15H19NO3. The van der Waals surface area contributed by atoms with Crippen molar-refractivity contribution in [3.05, 3.63) is 46.5 Å². The predicted octanol–water partition coefficient (Wildman–Crippen LogP) is 2.59. The van der Waals surface area contributed by atoms with Crippen LogP contribution < -0.4 is 5.32 Å². The number of amides is 1. The van der Waals surface area contributed by atoms with E-state index in [0.29, 0.717) is 0 Å². The van der Waals surface area contributed by atoms with Crippen LogP contribution in [0.1, 0.15) is 37.9 Å². The van der Waals surface area contributed by atoms with Crippen LogP contribution in [-0.4, -0.2) is 17.0 Å². The van der Waals surface area contributed by atoms with Gasteiger partial charge in [0.15, 0.2) is 0 Å². The number of aryl methyl sites for hydroxylation is 1. The Morgan fingerprint density at radius 3 is 2.37 bits per heavy atom. The second kappa shape index (κ2) is 6.18. The lowest BCUT2D eigenvalue weighted by Crippen LogP contribution is -2.28. The smallest absolute Gasteiger partial charge is 0.331 e. The molecule has 0 aliphatic heterocycles. The van der Waals surface area contributed by atoms with E-state index >= 15 is 0 Å². The lowest BCUT2D eigenvalue weighted by atomic mass is 10.0. The van der Waals surface area contributed by atoms with Crippen molar-refractivity contribution >= 4 is 11.9 Å². The van der Waals surface area contributed by atoms with Gasteiger partial charge in [0.2, 0.25) is 5.91 Å². The van der Waals surface area contributed by atoms with E-state index in [1.54, 1.807) is 0 Å². The van der Waals surface area contributed by atoms with E-state index in [9.17, 15) is 9.59 Å². The van der Waals surface area contributed by atoms with Gasteiger partial charge in [0.25, 0.3) is 0 Å². The van der Waals surface area contributed by atoms with Crippen molar-refractivity contribution in [3.8, 4) is 0 Å². The molecule has 0 aromatic heterocycles. The first kappa shape index (κ1) is 15.0. The van der Waals surface area contributed by atoms with Crippen molar-refractivity contribution in [2.24, 2.45) is 0 Å². The third kappa shape index (κ3) is 3.95. The van der Waals surface area contributed by atoms with E-state index in [0.717, 1.165) is 11.1 Å². The molecule has 4 heteroatoms. The van der Waals surface area contributed by atoms with Crippen molar-refractivity contribution in [1.82, 2.24) is 5.32 Å². The van der Waals surface area contributed by atoms with Crippen molar-refractivity contribution < 1.29 is 14.7 Å². The summed E-state index contributed by atoms with van der Waals surface area (Å²) in [6.45, 7) is 6.80. The number of hydrogen-bond donors (Lipinski definition) is 2. The van der Waals surface area contributed by atoms with Gasteiger partial charge in [-0.3, -0.25) is 4.79 Å². The molecule has 0 fully saturated rings. The number of carbonyl (C=O) groups is 2. The molecule has 0 heterocycles. The molecule has 1 amide bonds. The monoisotopic (exact) mass is 261 g/mol. The van der Waals surface area contributed by atoms with Crippen molar-refractivity contribution in [3.63, 3.8) is 0 Å². The number of carboxylic acids is 1. The second-order valence-corrected chi connectivity index (χ2v) is 4.66. The molecule has 1 atom stereocenters.